The standard InChI is InChI=1S/C20H28N4O3/c1-3-23(16-8-6-7-15(2)13-16)12-11-21-17(25)14-24-18(26)20(22-19(24)27)9-4-5-10-20/h6-8,13H,3-5,9-12,14H2,1-2H3,(H,21,25)(H,22,27). The molecule has 7 nitrogen and oxygen atoms in total. The second kappa shape index (κ2) is 7.98. The molecular weight excluding hydrogens is 344 g/mol. The lowest BCUT2D eigenvalue weighted by Gasteiger charge is -2.24. The maximum Gasteiger partial charge on any atom is 0.325 e. The number of benzene rings is 1. The van der Waals surface area contributed by atoms with Crippen molar-refractivity contribution in [2.45, 2.75) is 45.1 Å². The Morgan fingerprint density at radius 3 is 2.70 bits per heavy atom. The number of nitrogens with one attached hydrogen (secondary N) is 2. The molecule has 0 aromatic heterocycles. The fraction of sp³-hybridized carbons (Fsp3) is 0.550. The van der Waals surface area contributed by atoms with Crippen molar-refractivity contribution >= 4 is 23.5 Å². The smallest absolute Gasteiger partial charge is 0.325 e. The number of rotatable bonds is 7. The van der Waals surface area contributed by atoms with Crippen molar-refractivity contribution in [2.75, 3.05) is 31.1 Å². The Balaban J connectivity index is 1.49. The highest BCUT2D eigenvalue weighted by Crippen LogP contribution is 2.34. The van der Waals surface area contributed by atoms with Gasteiger partial charge in [-0.05, 0) is 44.4 Å². The van der Waals surface area contributed by atoms with Crippen LogP contribution in [0.3, 0.4) is 0 Å². The zero-order chi connectivity index (χ0) is 19.4. The van der Waals surface area contributed by atoms with Crippen molar-refractivity contribution in [3.63, 3.8) is 0 Å². The number of likely N-dealkylation sites (N-methyl/N-ethyl adjacent to an activating group) is 1. The fourth-order valence-electron chi connectivity index (χ4n) is 3.96. The first-order valence-corrected chi connectivity index (χ1v) is 9.67. The van der Waals surface area contributed by atoms with E-state index in [1.54, 1.807) is 0 Å². The van der Waals surface area contributed by atoms with Crippen molar-refractivity contribution in [3.8, 4) is 0 Å². The topological polar surface area (TPSA) is 81.8 Å². The molecule has 1 aromatic rings. The van der Waals surface area contributed by atoms with Gasteiger partial charge >= 0.3 is 6.03 Å². The number of aryl methyl sites for hydroxylation is 1. The summed E-state index contributed by atoms with van der Waals surface area (Å²) in [7, 11) is 0. The van der Waals surface area contributed by atoms with E-state index in [2.05, 4.69) is 28.5 Å². The van der Waals surface area contributed by atoms with Gasteiger partial charge in [0.2, 0.25) is 5.91 Å². The third-order valence-corrected chi connectivity index (χ3v) is 5.46. The molecule has 1 heterocycles. The minimum Gasteiger partial charge on any atom is -0.370 e. The maximum atomic E-state index is 12.6. The van der Waals surface area contributed by atoms with Crippen molar-refractivity contribution < 1.29 is 14.4 Å². The SMILES string of the molecule is CCN(CCNC(=O)CN1C(=O)NC2(CCCC2)C1=O)c1cccc(C)c1. The summed E-state index contributed by atoms with van der Waals surface area (Å²) in [6.45, 7) is 5.84. The van der Waals surface area contributed by atoms with E-state index in [-0.39, 0.29) is 18.4 Å². The van der Waals surface area contributed by atoms with Gasteiger partial charge < -0.3 is 15.5 Å². The molecule has 2 N–H and O–H groups in total. The number of hydrogen-bond donors (Lipinski definition) is 2. The van der Waals surface area contributed by atoms with Gasteiger partial charge in [0, 0.05) is 25.3 Å². The summed E-state index contributed by atoms with van der Waals surface area (Å²) < 4.78 is 0. The highest BCUT2D eigenvalue weighted by atomic mass is 16.2. The van der Waals surface area contributed by atoms with Gasteiger partial charge in [0.25, 0.3) is 5.91 Å². The van der Waals surface area contributed by atoms with Crippen LogP contribution in [0, 0.1) is 6.92 Å². The molecule has 1 aliphatic carbocycles. The summed E-state index contributed by atoms with van der Waals surface area (Å²) in [6.07, 6.45) is 3.19. The van der Waals surface area contributed by atoms with E-state index in [1.165, 1.54) is 5.56 Å². The van der Waals surface area contributed by atoms with Gasteiger partial charge in [-0.3, -0.25) is 14.5 Å². The number of imide groups is 1. The van der Waals surface area contributed by atoms with Crippen LogP contribution in [0.1, 0.15) is 38.2 Å². The van der Waals surface area contributed by atoms with Gasteiger partial charge in [-0.15, -0.1) is 0 Å². The lowest BCUT2D eigenvalue weighted by molar-refractivity contribution is -0.134. The summed E-state index contributed by atoms with van der Waals surface area (Å²) in [5.74, 6) is -0.566. The van der Waals surface area contributed by atoms with E-state index >= 15 is 0 Å². The summed E-state index contributed by atoms with van der Waals surface area (Å²) in [6, 6.07) is 7.77. The predicted molar refractivity (Wildman–Crippen MR) is 104 cm³/mol. The second-order valence-electron chi connectivity index (χ2n) is 7.38. The number of anilines is 1. The minimum absolute atomic E-state index is 0.219. The first kappa shape index (κ1) is 19.2. The van der Waals surface area contributed by atoms with Crippen LogP contribution in [-0.2, 0) is 9.59 Å². The fourth-order valence-corrected chi connectivity index (χ4v) is 3.96. The molecule has 1 saturated carbocycles. The van der Waals surface area contributed by atoms with E-state index in [9.17, 15) is 14.4 Å². The molecule has 4 amide bonds. The summed E-state index contributed by atoms with van der Waals surface area (Å²) in [5.41, 5.74) is 1.54. The van der Waals surface area contributed by atoms with Crippen LogP contribution in [0.5, 0.6) is 0 Å². The van der Waals surface area contributed by atoms with E-state index in [0.29, 0.717) is 25.9 Å². The largest absolute Gasteiger partial charge is 0.370 e. The lowest BCUT2D eigenvalue weighted by atomic mass is 9.98. The average Bonchev–Trinajstić information content (AvgIpc) is 3.20. The van der Waals surface area contributed by atoms with Gasteiger partial charge in [0.1, 0.15) is 12.1 Å². The molecule has 0 bridgehead atoms. The Morgan fingerprint density at radius 2 is 2.04 bits per heavy atom. The Morgan fingerprint density at radius 1 is 1.30 bits per heavy atom. The highest BCUT2D eigenvalue weighted by Gasteiger charge is 2.52. The third kappa shape index (κ3) is 4.07. The van der Waals surface area contributed by atoms with Crippen LogP contribution >= 0.6 is 0 Å². The second-order valence-corrected chi connectivity index (χ2v) is 7.38. The van der Waals surface area contributed by atoms with Crippen LogP contribution in [0.25, 0.3) is 0 Å². The first-order chi connectivity index (χ1) is 12.9. The van der Waals surface area contributed by atoms with Gasteiger partial charge in [0.05, 0.1) is 0 Å². The zero-order valence-corrected chi connectivity index (χ0v) is 16.1. The molecule has 1 spiro atoms. The van der Waals surface area contributed by atoms with Crippen molar-refractivity contribution in [2.24, 2.45) is 0 Å². The maximum absolute atomic E-state index is 12.6. The molecule has 0 unspecified atom stereocenters. The van der Waals surface area contributed by atoms with Crippen LogP contribution < -0.4 is 15.5 Å². The number of nitrogens with zero attached hydrogens (tertiary/aromatic N) is 2. The van der Waals surface area contributed by atoms with E-state index in [1.807, 2.05) is 25.1 Å². The van der Waals surface area contributed by atoms with Crippen LogP contribution in [0.15, 0.2) is 24.3 Å². The molecular formula is C20H28N4O3. The van der Waals surface area contributed by atoms with Gasteiger partial charge in [-0.1, -0.05) is 25.0 Å². The number of amides is 4. The van der Waals surface area contributed by atoms with E-state index in [0.717, 1.165) is 30.0 Å². The summed E-state index contributed by atoms with van der Waals surface area (Å²) in [5, 5.41) is 5.62. The Hall–Kier alpha value is -2.57. The quantitative estimate of drug-likeness (QED) is 0.715. The highest BCUT2D eigenvalue weighted by molar-refractivity contribution is 6.09. The molecule has 2 fully saturated rings. The van der Waals surface area contributed by atoms with Gasteiger partial charge in [-0.2, -0.15) is 0 Å². The van der Waals surface area contributed by atoms with E-state index in [4.69, 9.17) is 0 Å². The first-order valence-electron chi connectivity index (χ1n) is 9.67. The summed E-state index contributed by atoms with van der Waals surface area (Å²) >= 11 is 0. The monoisotopic (exact) mass is 372 g/mol. The van der Waals surface area contributed by atoms with Crippen molar-refractivity contribution in [1.82, 2.24) is 15.5 Å². The molecule has 146 valence electrons. The van der Waals surface area contributed by atoms with Crippen molar-refractivity contribution in [1.29, 1.82) is 0 Å². The zero-order valence-electron chi connectivity index (χ0n) is 16.1. The Labute approximate surface area is 160 Å². The average molecular weight is 372 g/mol. The number of urea groups is 1. The van der Waals surface area contributed by atoms with Crippen molar-refractivity contribution in [3.05, 3.63) is 29.8 Å². The molecule has 3 rings (SSSR count). The van der Waals surface area contributed by atoms with Crippen LogP contribution in [-0.4, -0.2) is 54.5 Å². The molecule has 0 radical (unpaired) electrons. The number of carbonyl (C=O) groups is 3. The third-order valence-electron chi connectivity index (χ3n) is 5.46. The molecule has 27 heavy (non-hydrogen) atoms. The molecule has 7 heteroatoms. The Kier molecular flexibility index (Phi) is 5.68. The molecule has 1 aromatic carbocycles. The molecule has 0 atom stereocenters. The molecule has 1 saturated heterocycles. The lowest BCUT2D eigenvalue weighted by Crippen LogP contribution is -2.46. The Bertz CT molecular complexity index is 728. The summed E-state index contributed by atoms with van der Waals surface area (Å²) in [4.78, 5) is 40.2. The normalized spacial score (nSPS) is 18.1. The minimum atomic E-state index is -0.762. The predicted octanol–water partition coefficient (Wildman–Crippen LogP) is 1.80. The number of carbonyl (C=O) groups excluding carboxylic acids is 3. The molecule has 2 aliphatic rings. The molecule has 1 aliphatic heterocycles. The van der Waals surface area contributed by atoms with E-state index < -0.39 is 11.6 Å². The van der Waals surface area contributed by atoms with Crippen LogP contribution in [0.2, 0.25) is 0 Å². The van der Waals surface area contributed by atoms with Crippen LogP contribution in [0.4, 0.5) is 10.5 Å². The van der Waals surface area contributed by atoms with Gasteiger partial charge in [-0.25, -0.2) is 4.79 Å². The number of hydrogen-bond acceptors (Lipinski definition) is 4. The van der Waals surface area contributed by atoms with Gasteiger partial charge in [0.15, 0.2) is 0 Å².